The SMILES string of the molecule is CCn1c(SCC(=O)c2ccc([N+](=O)[O-])cc2)nnc1-c1ccc([N+](=O)[O-])cc1. The third-order valence-corrected chi connectivity index (χ3v) is 5.07. The quantitative estimate of drug-likeness (QED) is 0.236. The van der Waals surface area contributed by atoms with Crippen molar-refractivity contribution >= 4 is 28.9 Å². The van der Waals surface area contributed by atoms with Crippen LogP contribution in [0, 0.1) is 20.2 Å². The highest BCUT2D eigenvalue weighted by atomic mass is 32.2. The molecule has 10 nitrogen and oxygen atoms in total. The van der Waals surface area contributed by atoms with E-state index in [-0.39, 0.29) is 22.9 Å². The fourth-order valence-corrected chi connectivity index (χ4v) is 3.51. The summed E-state index contributed by atoms with van der Waals surface area (Å²) in [6.45, 7) is 2.45. The fourth-order valence-electron chi connectivity index (χ4n) is 2.61. The van der Waals surface area contributed by atoms with E-state index in [1.807, 2.05) is 11.5 Å². The smallest absolute Gasteiger partial charge is 0.269 e. The number of hydrogen-bond acceptors (Lipinski definition) is 8. The van der Waals surface area contributed by atoms with E-state index in [0.717, 1.165) is 0 Å². The first-order valence-corrected chi connectivity index (χ1v) is 9.47. The highest BCUT2D eigenvalue weighted by Gasteiger charge is 2.17. The molecule has 0 saturated carbocycles. The maximum atomic E-state index is 12.4. The van der Waals surface area contributed by atoms with Crippen molar-refractivity contribution < 1.29 is 14.6 Å². The number of carbonyl (C=O) groups is 1. The Bertz CT molecular complexity index is 1060. The van der Waals surface area contributed by atoms with Gasteiger partial charge in [-0.25, -0.2) is 0 Å². The summed E-state index contributed by atoms with van der Waals surface area (Å²) in [7, 11) is 0. The highest BCUT2D eigenvalue weighted by Crippen LogP contribution is 2.26. The van der Waals surface area contributed by atoms with E-state index in [2.05, 4.69) is 10.2 Å². The van der Waals surface area contributed by atoms with Crippen LogP contribution in [0.25, 0.3) is 11.4 Å². The summed E-state index contributed by atoms with van der Waals surface area (Å²) in [4.78, 5) is 32.9. The van der Waals surface area contributed by atoms with Crippen LogP contribution in [0.1, 0.15) is 17.3 Å². The number of benzene rings is 2. The number of nitro groups is 2. The van der Waals surface area contributed by atoms with E-state index in [9.17, 15) is 25.0 Å². The molecule has 0 aliphatic carbocycles. The summed E-state index contributed by atoms with van der Waals surface area (Å²) in [6, 6.07) is 11.4. The number of thioether (sulfide) groups is 1. The van der Waals surface area contributed by atoms with Gasteiger partial charge in [-0.1, -0.05) is 11.8 Å². The molecule has 3 rings (SSSR count). The molecule has 0 fully saturated rings. The van der Waals surface area contributed by atoms with Gasteiger partial charge in [-0.2, -0.15) is 0 Å². The molecule has 1 heterocycles. The number of nitrogens with zero attached hydrogens (tertiary/aromatic N) is 5. The van der Waals surface area contributed by atoms with Gasteiger partial charge >= 0.3 is 0 Å². The zero-order valence-corrected chi connectivity index (χ0v) is 16.0. The van der Waals surface area contributed by atoms with E-state index < -0.39 is 9.85 Å². The van der Waals surface area contributed by atoms with Crippen molar-refractivity contribution in [2.45, 2.75) is 18.6 Å². The van der Waals surface area contributed by atoms with E-state index in [1.165, 1.54) is 48.2 Å². The first-order valence-electron chi connectivity index (χ1n) is 8.49. The van der Waals surface area contributed by atoms with Crippen LogP contribution < -0.4 is 0 Å². The second kappa shape index (κ2) is 8.61. The normalized spacial score (nSPS) is 10.7. The van der Waals surface area contributed by atoms with Crippen molar-refractivity contribution in [2.24, 2.45) is 0 Å². The molecule has 11 heteroatoms. The maximum Gasteiger partial charge on any atom is 0.269 e. The molecule has 2 aromatic carbocycles. The zero-order chi connectivity index (χ0) is 21.0. The van der Waals surface area contributed by atoms with Crippen LogP contribution in [-0.2, 0) is 6.54 Å². The molecule has 0 N–H and O–H groups in total. The van der Waals surface area contributed by atoms with Gasteiger partial charge in [-0.15, -0.1) is 10.2 Å². The summed E-state index contributed by atoms with van der Waals surface area (Å²) in [5.41, 5.74) is 0.965. The Morgan fingerprint density at radius 1 is 0.966 bits per heavy atom. The first kappa shape index (κ1) is 20.1. The van der Waals surface area contributed by atoms with Crippen LogP contribution in [0.15, 0.2) is 53.7 Å². The Morgan fingerprint density at radius 2 is 1.52 bits per heavy atom. The summed E-state index contributed by atoms with van der Waals surface area (Å²) in [5.74, 6) is 0.455. The van der Waals surface area contributed by atoms with E-state index >= 15 is 0 Å². The molecule has 0 amide bonds. The number of ketones is 1. The van der Waals surface area contributed by atoms with Crippen LogP contribution in [0.4, 0.5) is 11.4 Å². The molecule has 0 aliphatic rings. The third-order valence-electron chi connectivity index (χ3n) is 4.10. The van der Waals surface area contributed by atoms with Crippen molar-refractivity contribution in [3.05, 3.63) is 74.3 Å². The molecule has 0 saturated heterocycles. The lowest BCUT2D eigenvalue weighted by molar-refractivity contribution is -0.385. The summed E-state index contributed by atoms with van der Waals surface area (Å²) in [6.07, 6.45) is 0. The third kappa shape index (κ3) is 4.46. The number of aromatic nitrogens is 3. The number of non-ortho nitro benzene ring substituents is 2. The molecular weight excluding hydrogens is 398 g/mol. The number of hydrogen-bond donors (Lipinski definition) is 0. The lowest BCUT2D eigenvalue weighted by atomic mass is 10.1. The molecule has 0 bridgehead atoms. The van der Waals surface area contributed by atoms with Crippen molar-refractivity contribution in [3.63, 3.8) is 0 Å². The van der Waals surface area contributed by atoms with Gasteiger partial charge in [-0.05, 0) is 31.2 Å². The topological polar surface area (TPSA) is 134 Å². The van der Waals surface area contributed by atoms with E-state index in [1.54, 1.807) is 12.1 Å². The van der Waals surface area contributed by atoms with Gasteiger partial charge in [0.05, 0.1) is 15.6 Å². The molecule has 148 valence electrons. The Hall–Kier alpha value is -3.60. The molecule has 0 spiro atoms. The monoisotopic (exact) mass is 413 g/mol. The molecule has 0 atom stereocenters. The molecule has 0 aliphatic heterocycles. The largest absolute Gasteiger partial charge is 0.302 e. The molecule has 0 unspecified atom stereocenters. The Morgan fingerprint density at radius 3 is 2.03 bits per heavy atom. The number of Topliss-reactive ketones (excluding diaryl/α,β-unsaturated/α-hetero) is 1. The van der Waals surface area contributed by atoms with Gasteiger partial charge in [-0.3, -0.25) is 25.0 Å². The average molecular weight is 413 g/mol. The minimum atomic E-state index is -0.521. The highest BCUT2D eigenvalue weighted by molar-refractivity contribution is 7.99. The molecule has 3 aromatic rings. The zero-order valence-electron chi connectivity index (χ0n) is 15.2. The fraction of sp³-hybridized carbons (Fsp3) is 0.167. The van der Waals surface area contributed by atoms with Crippen LogP contribution in [-0.4, -0.2) is 36.1 Å². The minimum Gasteiger partial charge on any atom is -0.302 e. The second-order valence-corrected chi connectivity index (χ2v) is 6.81. The second-order valence-electron chi connectivity index (χ2n) is 5.87. The van der Waals surface area contributed by atoms with Crippen molar-refractivity contribution in [2.75, 3.05) is 5.75 Å². The van der Waals surface area contributed by atoms with Crippen molar-refractivity contribution in [1.29, 1.82) is 0 Å². The molecule has 1 aromatic heterocycles. The predicted octanol–water partition coefficient (Wildman–Crippen LogP) is 3.76. The Balaban J connectivity index is 1.74. The number of carbonyl (C=O) groups excluding carboxylic acids is 1. The molecular formula is C18H15N5O5S. The predicted molar refractivity (Wildman–Crippen MR) is 106 cm³/mol. The van der Waals surface area contributed by atoms with Gasteiger partial charge < -0.3 is 4.57 Å². The van der Waals surface area contributed by atoms with Crippen LogP contribution >= 0.6 is 11.8 Å². The summed E-state index contributed by atoms with van der Waals surface area (Å²) in [5, 5.41) is 30.3. The lowest BCUT2D eigenvalue weighted by Gasteiger charge is -2.07. The van der Waals surface area contributed by atoms with Gasteiger partial charge in [0, 0.05) is 41.9 Å². The van der Waals surface area contributed by atoms with Gasteiger partial charge in [0.15, 0.2) is 16.8 Å². The number of rotatable bonds is 8. The number of nitro benzene ring substituents is 2. The van der Waals surface area contributed by atoms with Crippen LogP contribution in [0.2, 0.25) is 0 Å². The van der Waals surface area contributed by atoms with Crippen molar-refractivity contribution in [3.8, 4) is 11.4 Å². The Labute approximate surface area is 168 Å². The minimum absolute atomic E-state index is 0.0143. The average Bonchev–Trinajstić information content (AvgIpc) is 3.15. The summed E-state index contributed by atoms with van der Waals surface area (Å²) < 4.78 is 1.81. The standard InChI is InChI=1S/C18H15N5O5S/c1-2-21-17(13-5-9-15(10-6-13)23(27)28)19-20-18(21)29-11-16(24)12-3-7-14(8-4-12)22(25)26/h3-10H,2,11H2,1H3. The van der Waals surface area contributed by atoms with Gasteiger partial charge in [0.2, 0.25) is 0 Å². The van der Waals surface area contributed by atoms with Crippen LogP contribution in [0.3, 0.4) is 0 Å². The van der Waals surface area contributed by atoms with E-state index in [4.69, 9.17) is 0 Å². The van der Waals surface area contributed by atoms with E-state index in [0.29, 0.717) is 28.7 Å². The Kier molecular flexibility index (Phi) is 5.98. The lowest BCUT2D eigenvalue weighted by Crippen LogP contribution is -2.05. The molecule has 29 heavy (non-hydrogen) atoms. The van der Waals surface area contributed by atoms with Gasteiger partial charge in [0.25, 0.3) is 11.4 Å². The maximum absolute atomic E-state index is 12.4. The first-order chi connectivity index (χ1) is 13.9. The molecule has 0 radical (unpaired) electrons. The summed E-state index contributed by atoms with van der Waals surface area (Å²) >= 11 is 1.21. The van der Waals surface area contributed by atoms with Gasteiger partial charge in [0.1, 0.15) is 0 Å². The van der Waals surface area contributed by atoms with Crippen molar-refractivity contribution in [1.82, 2.24) is 14.8 Å². The van der Waals surface area contributed by atoms with Crippen LogP contribution in [0.5, 0.6) is 0 Å².